The molecule has 8 nitrogen and oxygen atoms in total. The number of ketones is 2. The summed E-state index contributed by atoms with van der Waals surface area (Å²) in [5.41, 5.74) is 3.07. The molecule has 3 heterocycles. The molecule has 178 valence electrons. The molecule has 1 fully saturated rings. The Morgan fingerprint density at radius 3 is 2.54 bits per heavy atom. The van der Waals surface area contributed by atoms with E-state index in [4.69, 9.17) is 4.74 Å². The van der Waals surface area contributed by atoms with Crippen molar-refractivity contribution in [2.24, 2.45) is 0 Å². The van der Waals surface area contributed by atoms with Gasteiger partial charge in [-0.1, -0.05) is 54.6 Å². The van der Waals surface area contributed by atoms with Gasteiger partial charge in [0.2, 0.25) is 0 Å². The first kappa shape index (κ1) is 22.9. The number of H-pyrrole nitrogens is 1. The van der Waals surface area contributed by atoms with E-state index in [9.17, 15) is 14.7 Å². The molecule has 35 heavy (non-hydrogen) atoms. The van der Waals surface area contributed by atoms with Gasteiger partial charge in [-0.05, 0) is 18.4 Å². The largest absolute Gasteiger partial charge is 0.394 e. The minimum absolute atomic E-state index is 0.0140. The average Bonchev–Trinajstić information content (AvgIpc) is 3.35. The molecule has 5 rings (SSSR count). The maximum absolute atomic E-state index is 13.4. The molecule has 8 heteroatoms. The number of aromatic amines is 1. The zero-order chi connectivity index (χ0) is 24.2. The number of hydrogen-bond acceptors (Lipinski definition) is 7. The number of Topliss-reactive ketones (excluding diaryl/α,β-unsaturated/α-hetero) is 1. The number of fused-ring (bicyclic) bond motifs is 1. The lowest BCUT2D eigenvalue weighted by Crippen LogP contribution is -2.36. The number of hydrogen-bond donors (Lipinski definition) is 3. The molecule has 0 saturated carbocycles. The van der Waals surface area contributed by atoms with Crippen LogP contribution in [0.25, 0.3) is 11.0 Å². The van der Waals surface area contributed by atoms with Gasteiger partial charge in [-0.25, -0.2) is 9.97 Å². The molecule has 0 radical (unpaired) electrons. The van der Waals surface area contributed by atoms with Crippen molar-refractivity contribution in [1.82, 2.24) is 15.0 Å². The van der Waals surface area contributed by atoms with Crippen LogP contribution < -0.4 is 5.32 Å². The van der Waals surface area contributed by atoms with Gasteiger partial charge in [-0.15, -0.1) is 0 Å². The van der Waals surface area contributed by atoms with Crippen molar-refractivity contribution in [3.63, 3.8) is 0 Å². The van der Waals surface area contributed by atoms with Crippen LogP contribution in [0.3, 0.4) is 0 Å². The van der Waals surface area contributed by atoms with Gasteiger partial charge in [-0.2, -0.15) is 0 Å². The monoisotopic (exact) mass is 470 g/mol. The molecule has 1 aliphatic heterocycles. The fourth-order valence-corrected chi connectivity index (χ4v) is 4.35. The van der Waals surface area contributed by atoms with Crippen LogP contribution >= 0.6 is 0 Å². The smallest absolute Gasteiger partial charge is 0.195 e. The zero-order valence-electron chi connectivity index (χ0n) is 19.1. The van der Waals surface area contributed by atoms with Gasteiger partial charge in [0.15, 0.2) is 11.6 Å². The van der Waals surface area contributed by atoms with E-state index in [1.807, 2.05) is 30.3 Å². The fourth-order valence-electron chi connectivity index (χ4n) is 4.35. The molecular formula is C27H26N4O4. The summed E-state index contributed by atoms with van der Waals surface area (Å²) >= 11 is 0. The molecule has 0 aliphatic carbocycles. The molecule has 0 bridgehead atoms. The van der Waals surface area contributed by atoms with Crippen LogP contribution in [0.5, 0.6) is 0 Å². The number of aromatic nitrogens is 3. The first-order valence-electron chi connectivity index (χ1n) is 11.7. The lowest BCUT2D eigenvalue weighted by molar-refractivity contribution is -0.0224. The number of aliphatic hydroxyl groups is 1. The van der Waals surface area contributed by atoms with Gasteiger partial charge < -0.3 is 20.1 Å². The third kappa shape index (κ3) is 4.99. The van der Waals surface area contributed by atoms with Crippen LogP contribution in [0.15, 0.2) is 67.1 Å². The Kier molecular flexibility index (Phi) is 6.65. The normalized spacial score (nSPS) is 17.9. The summed E-state index contributed by atoms with van der Waals surface area (Å²) < 4.78 is 5.66. The van der Waals surface area contributed by atoms with Crippen molar-refractivity contribution in [3.05, 3.63) is 89.4 Å². The standard InChI is InChI=1S/C27H26N4O4/c32-14-21-11-10-20(15-35-21)31-27-24-22(13-28-26(24)29-16-30-27)25(34)19-8-6-17(7-9-19)12-23(33)18-4-2-1-3-5-18/h1-9,13,16,20-21,32H,10-12,14-15H2,(H2,28,29,30,31)/t20-,21-/m0/s1. The van der Waals surface area contributed by atoms with Crippen LogP contribution in [0, 0.1) is 0 Å². The maximum Gasteiger partial charge on any atom is 0.195 e. The summed E-state index contributed by atoms with van der Waals surface area (Å²) in [6, 6.07) is 16.3. The number of benzene rings is 2. The van der Waals surface area contributed by atoms with Gasteiger partial charge in [-0.3, -0.25) is 9.59 Å². The van der Waals surface area contributed by atoms with E-state index in [1.54, 1.807) is 30.5 Å². The van der Waals surface area contributed by atoms with E-state index in [0.717, 1.165) is 18.4 Å². The molecule has 0 amide bonds. The number of carbonyl (C=O) groups is 2. The number of ether oxygens (including phenoxy) is 1. The Hall–Kier alpha value is -3.88. The van der Waals surface area contributed by atoms with Gasteiger partial charge >= 0.3 is 0 Å². The van der Waals surface area contributed by atoms with Crippen LogP contribution in [0.1, 0.15) is 44.7 Å². The number of aliphatic hydroxyl groups excluding tert-OH is 1. The summed E-state index contributed by atoms with van der Waals surface area (Å²) in [7, 11) is 0. The lowest BCUT2D eigenvalue weighted by atomic mass is 9.99. The molecule has 4 aromatic rings. The van der Waals surface area contributed by atoms with Gasteiger partial charge in [0.1, 0.15) is 17.8 Å². The highest BCUT2D eigenvalue weighted by molar-refractivity contribution is 6.18. The predicted octanol–water partition coefficient (Wildman–Crippen LogP) is 3.57. The zero-order valence-corrected chi connectivity index (χ0v) is 19.1. The Balaban J connectivity index is 1.34. The van der Waals surface area contributed by atoms with Crippen molar-refractivity contribution >= 4 is 28.4 Å². The summed E-state index contributed by atoms with van der Waals surface area (Å²) in [6.07, 6.45) is 4.82. The van der Waals surface area contributed by atoms with E-state index in [0.29, 0.717) is 40.1 Å². The van der Waals surface area contributed by atoms with Gasteiger partial charge in [0, 0.05) is 23.7 Å². The molecule has 1 saturated heterocycles. The summed E-state index contributed by atoms with van der Waals surface area (Å²) in [4.78, 5) is 37.6. The number of rotatable bonds is 8. The third-order valence-electron chi connectivity index (χ3n) is 6.31. The molecule has 1 aliphatic rings. The van der Waals surface area contributed by atoms with Crippen LogP contribution in [0.4, 0.5) is 5.82 Å². The van der Waals surface area contributed by atoms with E-state index < -0.39 is 0 Å². The first-order chi connectivity index (χ1) is 17.1. The van der Waals surface area contributed by atoms with Crippen molar-refractivity contribution in [1.29, 1.82) is 0 Å². The fraction of sp³-hybridized carbons (Fsp3) is 0.259. The van der Waals surface area contributed by atoms with E-state index >= 15 is 0 Å². The second-order valence-corrected chi connectivity index (χ2v) is 8.70. The van der Waals surface area contributed by atoms with Gasteiger partial charge in [0.25, 0.3) is 0 Å². The molecule has 2 aromatic heterocycles. The molecular weight excluding hydrogens is 444 g/mol. The molecule has 3 N–H and O–H groups in total. The minimum atomic E-state index is -0.157. The van der Waals surface area contributed by atoms with Crippen molar-refractivity contribution in [2.75, 3.05) is 18.5 Å². The highest BCUT2D eigenvalue weighted by Gasteiger charge is 2.24. The quantitative estimate of drug-likeness (QED) is 0.337. The van der Waals surface area contributed by atoms with E-state index in [2.05, 4.69) is 20.3 Å². The van der Waals surface area contributed by atoms with Gasteiger partial charge in [0.05, 0.1) is 36.3 Å². The van der Waals surface area contributed by atoms with Crippen LogP contribution in [-0.4, -0.2) is 57.0 Å². The van der Waals surface area contributed by atoms with Crippen molar-refractivity contribution in [2.45, 2.75) is 31.4 Å². The first-order valence-corrected chi connectivity index (χ1v) is 11.7. The highest BCUT2D eigenvalue weighted by Crippen LogP contribution is 2.27. The summed E-state index contributed by atoms with van der Waals surface area (Å²) in [5, 5.41) is 13.3. The lowest BCUT2D eigenvalue weighted by Gasteiger charge is -2.29. The SMILES string of the molecule is O=C(Cc1ccc(C(=O)c2c[nH]c3ncnc(N[C@H]4CC[C@@H](CO)OC4)c23)cc1)c1ccccc1. The Morgan fingerprint density at radius 2 is 1.83 bits per heavy atom. The average molecular weight is 471 g/mol. The predicted molar refractivity (Wildman–Crippen MR) is 132 cm³/mol. The van der Waals surface area contributed by atoms with Crippen molar-refractivity contribution in [3.8, 4) is 0 Å². The Bertz CT molecular complexity index is 1330. The minimum Gasteiger partial charge on any atom is -0.394 e. The number of anilines is 1. The molecule has 2 aromatic carbocycles. The number of carbonyl (C=O) groups excluding carboxylic acids is 2. The van der Waals surface area contributed by atoms with E-state index in [-0.39, 0.29) is 36.7 Å². The Labute approximate surface area is 202 Å². The number of nitrogens with zero attached hydrogens (tertiary/aromatic N) is 2. The van der Waals surface area contributed by atoms with Crippen molar-refractivity contribution < 1.29 is 19.4 Å². The molecule has 2 atom stereocenters. The van der Waals surface area contributed by atoms with Crippen LogP contribution in [0.2, 0.25) is 0 Å². The second kappa shape index (κ2) is 10.2. The topological polar surface area (TPSA) is 117 Å². The molecule has 0 unspecified atom stereocenters. The molecule has 0 spiro atoms. The summed E-state index contributed by atoms with van der Waals surface area (Å²) in [5.74, 6) is 0.446. The number of nitrogens with one attached hydrogen (secondary N) is 2. The Morgan fingerprint density at radius 1 is 1.03 bits per heavy atom. The second-order valence-electron chi connectivity index (χ2n) is 8.70. The van der Waals surface area contributed by atoms with E-state index in [1.165, 1.54) is 6.33 Å². The van der Waals surface area contributed by atoms with Crippen LogP contribution in [-0.2, 0) is 11.2 Å². The summed E-state index contributed by atoms with van der Waals surface area (Å²) in [6.45, 7) is 0.466. The maximum atomic E-state index is 13.4. The third-order valence-corrected chi connectivity index (χ3v) is 6.31. The highest BCUT2D eigenvalue weighted by atomic mass is 16.5.